The van der Waals surface area contributed by atoms with Gasteiger partial charge in [0, 0.05) is 30.9 Å². The second kappa shape index (κ2) is 5.31. The van der Waals surface area contributed by atoms with Gasteiger partial charge in [0.15, 0.2) is 0 Å². The molecule has 18 heavy (non-hydrogen) atoms. The first-order chi connectivity index (χ1) is 8.53. The molecule has 4 nitrogen and oxygen atoms in total. The van der Waals surface area contributed by atoms with E-state index in [0.717, 1.165) is 19.4 Å². The maximum Gasteiger partial charge on any atom is 0.226 e. The van der Waals surface area contributed by atoms with Crippen LogP contribution in [0.15, 0.2) is 18.7 Å². The van der Waals surface area contributed by atoms with E-state index in [2.05, 4.69) is 14.9 Å². The normalized spacial score (nSPS) is 23.5. The van der Waals surface area contributed by atoms with Gasteiger partial charge in [0.2, 0.25) is 5.91 Å². The van der Waals surface area contributed by atoms with Crippen molar-refractivity contribution in [1.29, 1.82) is 0 Å². The highest BCUT2D eigenvalue weighted by Crippen LogP contribution is 2.37. The fourth-order valence-corrected chi connectivity index (χ4v) is 2.25. The Balaban J connectivity index is 1.70. The van der Waals surface area contributed by atoms with Crippen LogP contribution in [0, 0.1) is 11.3 Å². The molecule has 2 rings (SSSR count). The van der Waals surface area contributed by atoms with E-state index in [1.165, 1.54) is 0 Å². The van der Waals surface area contributed by atoms with Crippen molar-refractivity contribution in [1.82, 2.24) is 14.9 Å². The van der Waals surface area contributed by atoms with Gasteiger partial charge in [0.05, 0.1) is 11.7 Å². The van der Waals surface area contributed by atoms with Crippen LogP contribution in [-0.4, -0.2) is 27.9 Å². The van der Waals surface area contributed by atoms with E-state index in [0.29, 0.717) is 17.8 Å². The average molecular weight is 270 g/mol. The standard InChI is InChI=1S/C13H20ClN3O/c1-13(2,8-14)12(18)16-7-10-5-11(6-10)17-4-3-15-9-17/h3-4,9-11H,5-8H2,1-2H3,(H,16,18). The van der Waals surface area contributed by atoms with Gasteiger partial charge in [-0.1, -0.05) is 0 Å². The van der Waals surface area contributed by atoms with Crippen molar-refractivity contribution in [2.45, 2.75) is 32.7 Å². The average Bonchev–Trinajstić information content (AvgIpc) is 2.80. The molecule has 1 aliphatic carbocycles. The lowest BCUT2D eigenvalue weighted by molar-refractivity contribution is -0.128. The highest BCUT2D eigenvalue weighted by molar-refractivity contribution is 6.19. The van der Waals surface area contributed by atoms with E-state index in [-0.39, 0.29) is 5.91 Å². The lowest BCUT2D eigenvalue weighted by atomic mass is 9.80. The Morgan fingerprint density at radius 3 is 2.83 bits per heavy atom. The highest BCUT2D eigenvalue weighted by Gasteiger charge is 2.32. The number of nitrogens with zero attached hydrogens (tertiary/aromatic N) is 2. The molecule has 0 bridgehead atoms. The molecule has 0 aliphatic heterocycles. The number of hydrogen-bond acceptors (Lipinski definition) is 2. The minimum Gasteiger partial charge on any atom is -0.355 e. The second-order valence-corrected chi connectivity index (χ2v) is 6.00. The summed E-state index contributed by atoms with van der Waals surface area (Å²) in [6, 6.07) is 0.551. The third-order valence-electron chi connectivity index (χ3n) is 3.66. The molecule has 0 unspecified atom stereocenters. The molecule has 1 saturated carbocycles. The maximum absolute atomic E-state index is 11.8. The third kappa shape index (κ3) is 2.86. The Kier molecular flexibility index (Phi) is 3.95. The van der Waals surface area contributed by atoms with Gasteiger partial charge >= 0.3 is 0 Å². The van der Waals surface area contributed by atoms with Crippen LogP contribution in [0.3, 0.4) is 0 Å². The number of aromatic nitrogens is 2. The van der Waals surface area contributed by atoms with Gasteiger partial charge in [0.1, 0.15) is 0 Å². The van der Waals surface area contributed by atoms with Crippen LogP contribution >= 0.6 is 11.6 Å². The molecule has 0 saturated heterocycles. The zero-order valence-electron chi connectivity index (χ0n) is 10.9. The molecule has 1 heterocycles. The molecule has 1 aliphatic rings. The van der Waals surface area contributed by atoms with Gasteiger partial charge < -0.3 is 9.88 Å². The van der Waals surface area contributed by atoms with Gasteiger partial charge in [-0.05, 0) is 32.6 Å². The first-order valence-electron chi connectivity index (χ1n) is 6.34. The molecule has 0 aromatic carbocycles. The van der Waals surface area contributed by atoms with E-state index in [1.54, 1.807) is 6.20 Å². The van der Waals surface area contributed by atoms with Crippen LogP contribution < -0.4 is 5.32 Å². The van der Waals surface area contributed by atoms with Crippen LogP contribution in [0.4, 0.5) is 0 Å². The summed E-state index contributed by atoms with van der Waals surface area (Å²) in [6.45, 7) is 4.49. The van der Waals surface area contributed by atoms with Gasteiger partial charge in [0.25, 0.3) is 0 Å². The molecule has 0 radical (unpaired) electrons. The van der Waals surface area contributed by atoms with Crippen LogP contribution in [0.5, 0.6) is 0 Å². The minimum atomic E-state index is -0.477. The van der Waals surface area contributed by atoms with Crippen molar-refractivity contribution in [3.05, 3.63) is 18.7 Å². The van der Waals surface area contributed by atoms with Crippen molar-refractivity contribution in [2.24, 2.45) is 11.3 Å². The van der Waals surface area contributed by atoms with Crippen molar-refractivity contribution in [2.75, 3.05) is 12.4 Å². The third-order valence-corrected chi connectivity index (χ3v) is 4.33. The Bertz CT molecular complexity index is 396. The van der Waals surface area contributed by atoms with Crippen molar-refractivity contribution >= 4 is 17.5 Å². The molecule has 1 N–H and O–H groups in total. The molecule has 1 fully saturated rings. The fourth-order valence-electron chi connectivity index (χ4n) is 2.13. The summed E-state index contributed by atoms with van der Waals surface area (Å²) < 4.78 is 2.14. The van der Waals surface area contributed by atoms with E-state index in [1.807, 2.05) is 26.4 Å². The van der Waals surface area contributed by atoms with Crippen LogP contribution in [0.1, 0.15) is 32.7 Å². The molecule has 1 aromatic heterocycles. The largest absolute Gasteiger partial charge is 0.355 e. The summed E-state index contributed by atoms with van der Waals surface area (Å²) in [5.74, 6) is 0.970. The second-order valence-electron chi connectivity index (χ2n) is 5.73. The number of rotatable bonds is 5. The Morgan fingerprint density at radius 2 is 2.28 bits per heavy atom. The number of hydrogen-bond donors (Lipinski definition) is 1. The SMILES string of the molecule is CC(C)(CCl)C(=O)NCC1CC(n2ccnc2)C1. The van der Waals surface area contributed by atoms with Crippen LogP contribution in [-0.2, 0) is 4.79 Å². The predicted octanol–water partition coefficient (Wildman–Crippen LogP) is 2.22. The van der Waals surface area contributed by atoms with Crippen LogP contribution in [0.25, 0.3) is 0 Å². The Morgan fingerprint density at radius 1 is 1.56 bits per heavy atom. The first-order valence-corrected chi connectivity index (χ1v) is 6.88. The Labute approximate surface area is 113 Å². The quantitative estimate of drug-likeness (QED) is 0.833. The zero-order valence-corrected chi connectivity index (χ0v) is 11.7. The summed E-state index contributed by atoms with van der Waals surface area (Å²) in [6.07, 6.45) is 7.88. The van der Waals surface area contributed by atoms with E-state index >= 15 is 0 Å². The summed E-state index contributed by atoms with van der Waals surface area (Å²) >= 11 is 5.77. The molecule has 5 heteroatoms. The number of halogens is 1. The molecular formula is C13H20ClN3O. The topological polar surface area (TPSA) is 46.9 Å². The fraction of sp³-hybridized carbons (Fsp3) is 0.692. The van der Waals surface area contributed by atoms with E-state index < -0.39 is 5.41 Å². The van der Waals surface area contributed by atoms with Crippen LogP contribution in [0.2, 0.25) is 0 Å². The molecule has 1 amide bonds. The summed E-state index contributed by atoms with van der Waals surface area (Å²) in [5, 5.41) is 2.99. The van der Waals surface area contributed by atoms with Gasteiger partial charge in [-0.15, -0.1) is 11.6 Å². The van der Waals surface area contributed by atoms with Crippen molar-refractivity contribution in [3.63, 3.8) is 0 Å². The summed E-state index contributed by atoms with van der Waals surface area (Å²) in [4.78, 5) is 15.9. The molecule has 0 spiro atoms. The Hall–Kier alpha value is -1.03. The molecule has 0 atom stereocenters. The summed E-state index contributed by atoms with van der Waals surface area (Å²) in [5.41, 5.74) is -0.477. The minimum absolute atomic E-state index is 0.0450. The highest BCUT2D eigenvalue weighted by atomic mass is 35.5. The number of imidazole rings is 1. The molecule has 1 aromatic rings. The first kappa shape index (κ1) is 13.4. The smallest absolute Gasteiger partial charge is 0.226 e. The lowest BCUT2D eigenvalue weighted by Crippen LogP contribution is -2.43. The van der Waals surface area contributed by atoms with Crippen molar-refractivity contribution < 1.29 is 4.79 Å². The molecular weight excluding hydrogens is 250 g/mol. The summed E-state index contributed by atoms with van der Waals surface area (Å²) in [7, 11) is 0. The monoisotopic (exact) mass is 269 g/mol. The zero-order chi connectivity index (χ0) is 13.2. The van der Waals surface area contributed by atoms with Gasteiger partial charge in [-0.3, -0.25) is 4.79 Å². The lowest BCUT2D eigenvalue weighted by Gasteiger charge is -2.36. The maximum atomic E-state index is 11.8. The molecule has 100 valence electrons. The number of carbonyl (C=O) groups is 1. The van der Waals surface area contributed by atoms with E-state index in [4.69, 9.17) is 11.6 Å². The van der Waals surface area contributed by atoms with Gasteiger partial charge in [-0.25, -0.2) is 4.98 Å². The number of alkyl halides is 1. The van der Waals surface area contributed by atoms with E-state index in [9.17, 15) is 4.79 Å². The number of carbonyl (C=O) groups excluding carboxylic acids is 1. The number of amides is 1. The predicted molar refractivity (Wildman–Crippen MR) is 71.5 cm³/mol. The van der Waals surface area contributed by atoms with Crippen molar-refractivity contribution in [3.8, 4) is 0 Å². The number of nitrogens with one attached hydrogen (secondary N) is 1. The van der Waals surface area contributed by atoms with Gasteiger partial charge in [-0.2, -0.15) is 0 Å².